The fourth-order valence-electron chi connectivity index (χ4n) is 3.04. The van der Waals surface area contributed by atoms with Crippen molar-refractivity contribution in [2.75, 3.05) is 6.61 Å². The van der Waals surface area contributed by atoms with Crippen molar-refractivity contribution >= 4 is 0 Å². The lowest BCUT2D eigenvalue weighted by Gasteiger charge is -2.44. The van der Waals surface area contributed by atoms with E-state index in [1.165, 1.54) is 0 Å². The predicted octanol–water partition coefficient (Wildman–Crippen LogP) is 0.948. The Morgan fingerprint density at radius 2 is 1.81 bits per heavy atom. The van der Waals surface area contributed by atoms with Crippen LogP contribution >= 0.6 is 0 Å². The Morgan fingerprint density at radius 3 is 2.62 bits per heavy atom. The van der Waals surface area contributed by atoms with E-state index in [4.69, 9.17) is 23.7 Å². The van der Waals surface area contributed by atoms with Crippen LogP contribution in [0.15, 0.2) is 30.3 Å². The molecule has 0 spiro atoms. The van der Waals surface area contributed by atoms with Crippen LogP contribution in [0.3, 0.4) is 0 Å². The zero-order chi connectivity index (χ0) is 14.4. The highest BCUT2D eigenvalue weighted by atomic mass is 16.8. The van der Waals surface area contributed by atoms with Crippen molar-refractivity contribution in [1.29, 1.82) is 0 Å². The van der Waals surface area contributed by atoms with Gasteiger partial charge in [0.1, 0.15) is 24.4 Å². The van der Waals surface area contributed by atoms with E-state index in [2.05, 4.69) is 0 Å². The number of benzene rings is 1. The van der Waals surface area contributed by atoms with E-state index in [9.17, 15) is 5.11 Å². The highest BCUT2D eigenvalue weighted by Gasteiger charge is 2.53. The molecule has 4 unspecified atom stereocenters. The van der Waals surface area contributed by atoms with Crippen LogP contribution in [0.4, 0.5) is 0 Å². The third-order valence-electron chi connectivity index (χ3n) is 4.06. The number of ether oxygens (including phenoxy) is 5. The minimum absolute atomic E-state index is 0.349. The van der Waals surface area contributed by atoms with Crippen LogP contribution in [0, 0.1) is 0 Å². The van der Waals surface area contributed by atoms with Crippen LogP contribution in [-0.2, 0) is 23.7 Å². The second kappa shape index (κ2) is 5.31. The molecule has 0 saturated carbocycles. The molecule has 0 radical (unpaired) electrons. The number of hydrogen-bond acceptors (Lipinski definition) is 6. The number of aliphatic hydroxyl groups excluding tert-OH is 1. The Hall–Kier alpha value is -1.02. The Balaban J connectivity index is 1.52. The molecule has 6 nitrogen and oxygen atoms in total. The molecule has 3 aliphatic rings. The molecule has 0 bridgehead atoms. The molecule has 1 aromatic carbocycles. The average Bonchev–Trinajstić information content (AvgIpc) is 2.89. The standard InChI is InChI=1S/C15H18O6/c1-8-18-13-11(16)12-10(20-15(13)19-8)7-17-14(21-12)9-5-3-2-4-6-9/h2-6,8,10-16H,7H2,1H3/t8?,10?,11-,12-,13?,14?,15+/m0/s1. The van der Waals surface area contributed by atoms with Gasteiger partial charge in [-0.05, 0) is 6.92 Å². The fourth-order valence-corrected chi connectivity index (χ4v) is 3.04. The van der Waals surface area contributed by atoms with Crippen molar-refractivity contribution < 1.29 is 28.8 Å². The average molecular weight is 294 g/mol. The maximum absolute atomic E-state index is 10.5. The quantitative estimate of drug-likeness (QED) is 0.832. The number of hydrogen-bond donors (Lipinski definition) is 1. The first-order valence-electron chi connectivity index (χ1n) is 7.19. The molecule has 3 heterocycles. The summed E-state index contributed by atoms with van der Waals surface area (Å²) in [6.45, 7) is 2.13. The van der Waals surface area contributed by atoms with Gasteiger partial charge in [0.15, 0.2) is 18.9 Å². The van der Waals surface area contributed by atoms with Gasteiger partial charge in [0.2, 0.25) is 0 Å². The van der Waals surface area contributed by atoms with E-state index in [0.717, 1.165) is 5.56 Å². The summed E-state index contributed by atoms with van der Waals surface area (Å²) in [7, 11) is 0. The summed E-state index contributed by atoms with van der Waals surface area (Å²) in [6, 6.07) is 9.65. The van der Waals surface area contributed by atoms with Gasteiger partial charge in [-0.1, -0.05) is 30.3 Å². The molecule has 3 fully saturated rings. The van der Waals surface area contributed by atoms with Gasteiger partial charge in [0.05, 0.1) is 6.61 Å². The molecule has 6 heteroatoms. The van der Waals surface area contributed by atoms with Crippen LogP contribution in [-0.4, -0.2) is 48.7 Å². The van der Waals surface area contributed by atoms with Crippen LogP contribution in [0.5, 0.6) is 0 Å². The molecule has 3 aliphatic heterocycles. The molecule has 0 aromatic heterocycles. The monoisotopic (exact) mass is 294 g/mol. The molecule has 1 N–H and O–H groups in total. The summed E-state index contributed by atoms with van der Waals surface area (Å²) < 4.78 is 28.4. The van der Waals surface area contributed by atoms with E-state index in [0.29, 0.717) is 6.61 Å². The van der Waals surface area contributed by atoms with Crippen LogP contribution in [0.1, 0.15) is 18.8 Å². The second-order valence-corrected chi connectivity index (χ2v) is 5.51. The topological polar surface area (TPSA) is 66.4 Å². The molecule has 0 amide bonds. The van der Waals surface area contributed by atoms with Crippen molar-refractivity contribution in [1.82, 2.24) is 0 Å². The minimum atomic E-state index is -0.797. The highest BCUT2D eigenvalue weighted by molar-refractivity contribution is 5.16. The number of rotatable bonds is 1. The maximum atomic E-state index is 10.5. The SMILES string of the molecule is CC1OC2[C@H](O1)OC1COC(c3ccccc3)O[C@@H]1[C@@H]2O. The Kier molecular flexibility index (Phi) is 3.45. The number of fused-ring (bicyclic) bond motifs is 2. The Bertz CT molecular complexity index is 494. The van der Waals surface area contributed by atoms with Crippen LogP contribution < -0.4 is 0 Å². The molecular formula is C15H18O6. The van der Waals surface area contributed by atoms with Gasteiger partial charge in [0, 0.05) is 5.56 Å². The fraction of sp³-hybridized carbons (Fsp3) is 0.600. The van der Waals surface area contributed by atoms with Crippen molar-refractivity contribution in [3.63, 3.8) is 0 Å². The summed E-state index contributed by atoms with van der Waals surface area (Å²) in [4.78, 5) is 0. The molecule has 3 saturated heterocycles. The van der Waals surface area contributed by atoms with Crippen molar-refractivity contribution in [2.24, 2.45) is 0 Å². The zero-order valence-electron chi connectivity index (χ0n) is 11.6. The van der Waals surface area contributed by atoms with E-state index in [-0.39, 0.29) is 12.4 Å². The molecule has 114 valence electrons. The molecule has 21 heavy (non-hydrogen) atoms. The first-order chi connectivity index (χ1) is 10.2. The highest BCUT2D eigenvalue weighted by Crippen LogP contribution is 2.37. The molecule has 0 aliphatic carbocycles. The Labute approximate surface area is 122 Å². The summed E-state index contributed by atoms with van der Waals surface area (Å²) in [5, 5.41) is 10.5. The van der Waals surface area contributed by atoms with E-state index >= 15 is 0 Å². The smallest absolute Gasteiger partial charge is 0.190 e. The van der Waals surface area contributed by atoms with Gasteiger partial charge in [0.25, 0.3) is 0 Å². The maximum Gasteiger partial charge on any atom is 0.190 e. The first kappa shape index (κ1) is 13.6. The lowest BCUT2D eigenvalue weighted by atomic mass is 9.98. The molecule has 4 rings (SSSR count). The Morgan fingerprint density at radius 1 is 1.00 bits per heavy atom. The minimum Gasteiger partial charge on any atom is -0.387 e. The lowest BCUT2D eigenvalue weighted by molar-refractivity contribution is -0.338. The normalized spacial score (nSPS) is 45.9. The van der Waals surface area contributed by atoms with Gasteiger partial charge in [-0.2, -0.15) is 0 Å². The molecular weight excluding hydrogens is 276 g/mol. The van der Waals surface area contributed by atoms with Crippen molar-refractivity contribution in [3.8, 4) is 0 Å². The third-order valence-corrected chi connectivity index (χ3v) is 4.06. The third kappa shape index (κ3) is 2.38. The number of aliphatic hydroxyl groups is 1. The first-order valence-corrected chi connectivity index (χ1v) is 7.19. The van der Waals surface area contributed by atoms with Crippen molar-refractivity contribution in [3.05, 3.63) is 35.9 Å². The van der Waals surface area contributed by atoms with Crippen molar-refractivity contribution in [2.45, 2.75) is 50.2 Å². The molecule has 7 atom stereocenters. The van der Waals surface area contributed by atoms with E-state index in [1.54, 1.807) is 6.92 Å². The summed E-state index contributed by atoms with van der Waals surface area (Å²) in [5.41, 5.74) is 0.919. The molecule has 1 aromatic rings. The van der Waals surface area contributed by atoms with Gasteiger partial charge < -0.3 is 28.8 Å². The van der Waals surface area contributed by atoms with Gasteiger partial charge >= 0.3 is 0 Å². The largest absolute Gasteiger partial charge is 0.387 e. The van der Waals surface area contributed by atoms with Crippen LogP contribution in [0.2, 0.25) is 0 Å². The van der Waals surface area contributed by atoms with Gasteiger partial charge in [-0.3, -0.25) is 0 Å². The zero-order valence-corrected chi connectivity index (χ0v) is 11.6. The summed E-state index contributed by atoms with van der Waals surface area (Å²) in [5.74, 6) is 0. The summed E-state index contributed by atoms with van der Waals surface area (Å²) >= 11 is 0. The second-order valence-electron chi connectivity index (χ2n) is 5.51. The lowest BCUT2D eigenvalue weighted by Crippen LogP contribution is -2.60. The van der Waals surface area contributed by atoms with Gasteiger partial charge in [-0.25, -0.2) is 0 Å². The van der Waals surface area contributed by atoms with Gasteiger partial charge in [-0.15, -0.1) is 0 Å². The van der Waals surface area contributed by atoms with E-state index < -0.39 is 30.9 Å². The van der Waals surface area contributed by atoms with Crippen LogP contribution in [0.25, 0.3) is 0 Å². The summed E-state index contributed by atoms with van der Waals surface area (Å²) in [6.07, 6.45) is -3.60. The van der Waals surface area contributed by atoms with E-state index in [1.807, 2.05) is 30.3 Å². The predicted molar refractivity (Wildman–Crippen MR) is 70.1 cm³/mol.